The highest BCUT2D eigenvalue weighted by Gasteiger charge is 2.32. The van der Waals surface area contributed by atoms with Crippen molar-refractivity contribution in [3.05, 3.63) is 59.3 Å². The van der Waals surface area contributed by atoms with E-state index in [-0.39, 0.29) is 5.91 Å². The fourth-order valence-electron chi connectivity index (χ4n) is 3.32. The van der Waals surface area contributed by atoms with Crippen LogP contribution in [0.1, 0.15) is 25.5 Å². The molecule has 1 atom stereocenters. The van der Waals surface area contributed by atoms with Gasteiger partial charge in [-0.1, -0.05) is 18.2 Å². The molecule has 0 bridgehead atoms. The Bertz CT molecular complexity index is 986. The third kappa shape index (κ3) is 4.32. The third-order valence-electron chi connectivity index (χ3n) is 4.69. The largest absolute Gasteiger partial charge is 0.493 e. The van der Waals surface area contributed by atoms with Gasteiger partial charge in [0, 0.05) is 5.70 Å². The van der Waals surface area contributed by atoms with Crippen LogP contribution in [0.2, 0.25) is 0 Å². The van der Waals surface area contributed by atoms with E-state index in [0.29, 0.717) is 46.4 Å². The van der Waals surface area contributed by atoms with E-state index in [1.54, 1.807) is 44.4 Å². The SMILES string of the molecule is CCOc1ccccc1NC(=O)C1=C(C)NC(=O)N[C@@H]1c1ccc(OC)c(OC)c1. The fourth-order valence-corrected chi connectivity index (χ4v) is 3.32. The van der Waals surface area contributed by atoms with Gasteiger partial charge in [-0.05, 0) is 43.7 Å². The molecular formula is C22H25N3O5. The molecule has 3 rings (SSSR count). The van der Waals surface area contributed by atoms with Crippen LogP contribution >= 0.6 is 0 Å². The van der Waals surface area contributed by atoms with Crippen molar-refractivity contribution in [1.82, 2.24) is 10.6 Å². The summed E-state index contributed by atoms with van der Waals surface area (Å²) in [6.07, 6.45) is 0. The molecule has 0 radical (unpaired) electrons. The number of carbonyl (C=O) groups excluding carboxylic acids is 2. The first-order valence-corrected chi connectivity index (χ1v) is 9.51. The predicted octanol–water partition coefficient (Wildman–Crippen LogP) is 3.37. The Morgan fingerprint density at radius 3 is 2.50 bits per heavy atom. The van der Waals surface area contributed by atoms with Gasteiger partial charge in [-0.15, -0.1) is 0 Å². The van der Waals surface area contributed by atoms with Crippen LogP contribution in [0.15, 0.2) is 53.7 Å². The topological polar surface area (TPSA) is 97.9 Å². The minimum absolute atomic E-state index is 0.355. The van der Waals surface area contributed by atoms with Gasteiger partial charge in [0.1, 0.15) is 5.75 Å². The Hall–Kier alpha value is -3.68. The van der Waals surface area contributed by atoms with Crippen LogP contribution in [0.5, 0.6) is 17.2 Å². The van der Waals surface area contributed by atoms with Crippen molar-refractivity contribution in [3.8, 4) is 17.2 Å². The van der Waals surface area contributed by atoms with Crippen molar-refractivity contribution >= 4 is 17.6 Å². The first kappa shape index (κ1) is 21.0. The van der Waals surface area contributed by atoms with Gasteiger partial charge in [-0.2, -0.15) is 0 Å². The Kier molecular flexibility index (Phi) is 6.46. The molecule has 0 aromatic heterocycles. The monoisotopic (exact) mass is 411 g/mol. The average Bonchev–Trinajstić information content (AvgIpc) is 2.74. The molecule has 30 heavy (non-hydrogen) atoms. The lowest BCUT2D eigenvalue weighted by molar-refractivity contribution is -0.113. The lowest BCUT2D eigenvalue weighted by atomic mass is 9.94. The molecule has 0 unspecified atom stereocenters. The summed E-state index contributed by atoms with van der Waals surface area (Å²) in [7, 11) is 3.07. The molecule has 0 fully saturated rings. The van der Waals surface area contributed by atoms with Crippen molar-refractivity contribution in [1.29, 1.82) is 0 Å². The van der Waals surface area contributed by atoms with E-state index in [1.165, 1.54) is 7.11 Å². The molecule has 3 amide bonds. The van der Waals surface area contributed by atoms with Gasteiger partial charge < -0.3 is 30.2 Å². The number of rotatable bonds is 7. The minimum atomic E-state index is -0.669. The molecule has 1 aliphatic heterocycles. The second-order valence-corrected chi connectivity index (χ2v) is 6.57. The smallest absolute Gasteiger partial charge is 0.319 e. The summed E-state index contributed by atoms with van der Waals surface area (Å²) < 4.78 is 16.2. The van der Waals surface area contributed by atoms with Crippen molar-refractivity contribution < 1.29 is 23.8 Å². The second-order valence-electron chi connectivity index (χ2n) is 6.57. The molecule has 0 aliphatic carbocycles. The maximum atomic E-state index is 13.2. The van der Waals surface area contributed by atoms with Gasteiger partial charge in [0.05, 0.1) is 38.1 Å². The molecule has 2 aromatic carbocycles. The molecule has 1 aliphatic rings. The zero-order valence-corrected chi connectivity index (χ0v) is 17.4. The normalized spacial score (nSPS) is 15.7. The van der Waals surface area contributed by atoms with Crippen molar-refractivity contribution in [2.75, 3.05) is 26.1 Å². The Balaban J connectivity index is 1.97. The number of nitrogens with one attached hydrogen (secondary N) is 3. The van der Waals surface area contributed by atoms with E-state index in [2.05, 4.69) is 16.0 Å². The van der Waals surface area contributed by atoms with E-state index in [1.807, 2.05) is 19.1 Å². The molecule has 8 nitrogen and oxygen atoms in total. The first-order valence-electron chi connectivity index (χ1n) is 9.51. The lowest BCUT2D eigenvalue weighted by Gasteiger charge is -2.29. The number of carbonyl (C=O) groups is 2. The average molecular weight is 411 g/mol. The molecule has 0 spiro atoms. The molecule has 3 N–H and O–H groups in total. The highest BCUT2D eigenvalue weighted by Crippen LogP contribution is 2.35. The molecule has 158 valence electrons. The quantitative estimate of drug-likeness (QED) is 0.649. The number of hydrogen-bond acceptors (Lipinski definition) is 5. The summed E-state index contributed by atoms with van der Waals surface area (Å²) in [5.74, 6) is 1.27. The number of allylic oxidation sites excluding steroid dienone is 1. The summed E-state index contributed by atoms with van der Waals surface area (Å²) in [4.78, 5) is 25.4. The number of anilines is 1. The molecule has 0 saturated carbocycles. The zero-order chi connectivity index (χ0) is 21.7. The number of benzene rings is 2. The van der Waals surface area contributed by atoms with Crippen LogP contribution in [0, 0.1) is 0 Å². The molecule has 1 heterocycles. The van der Waals surface area contributed by atoms with Gasteiger partial charge in [0.25, 0.3) is 5.91 Å². The number of para-hydroxylation sites is 2. The van der Waals surface area contributed by atoms with Crippen molar-refractivity contribution in [2.45, 2.75) is 19.9 Å². The van der Waals surface area contributed by atoms with E-state index in [0.717, 1.165) is 0 Å². The summed E-state index contributed by atoms with van der Waals surface area (Å²) in [5, 5.41) is 8.37. The van der Waals surface area contributed by atoms with Crippen LogP contribution in [0.25, 0.3) is 0 Å². The number of hydrogen-bond donors (Lipinski definition) is 3. The summed E-state index contributed by atoms with van der Waals surface area (Å²) in [5.41, 5.74) is 2.08. The van der Waals surface area contributed by atoms with E-state index in [4.69, 9.17) is 14.2 Å². The maximum Gasteiger partial charge on any atom is 0.319 e. The Morgan fingerprint density at radius 1 is 1.07 bits per heavy atom. The molecular weight excluding hydrogens is 386 g/mol. The zero-order valence-electron chi connectivity index (χ0n) is 17.4. The number of ether oxygens (including phenoxy) is 3. The fraction of sp³-hybridized carbons (Fsp3) is 0.273. The van der Waals surface area contributed by atoms with Crippen LogP contribution in [-0.4, -0.2) is 32.8 Å². The first-order chi connectivity index (χ1) is 14.5. The standard InChI is InChI=1S/C22H25N3O5/c1-5-30-16-9-7-6-8-15(16)24-21(26)19-13(2)23-22(27)25-20(19)14-10-11-17(28-3)18(12-14)29-4/h6-12,20H,5H2,1-4H3,(H,24,26)(H2,23,25,27)/t20-/m1/s1. The van der Waals surface area contributed by atoms with Crippen molar-refractivity contribution in [3.63, 3.8) is 0 Å². The summed E-state index contributed by atoms with van der Waals surface area (Å²) in [6.45, 7) is 4.04. The number of urea groups is 1. The highest BCUT2D eigenvalue weighted by atomic mass is 16.5. The van der Waals surface area contributed by atoms with Crippen LogP contribution in [-0.2, 0) is 4.79 Å². The Morgan fingerprint density at radius 2 is 1.80 bits per heavy atom. The summed E-state index contributed by atoms with van der Waals surface area (Å²) in [6, 6.07) is 11.4. The van der Waals surface area contributed by atoms with Crippen molar-refractivity contribution in [2.24, 2.45) is 0 Å². The number of amides is 3. The molecule has 8 heteroatoms. The van der Waals surface area contributed by atoms with E-state index in [9.17, 15) is 9.59 Å². The van der Waals surface area contributed by atoms with Gasteiger partial charge in [0.15, 0.2) is 11.5 Å². The molecule has 2 aromatic rings. The lowest BCUT2D eigenvalue weighted by Crippen LogP contribution is -2.46. The van der Waals surface area contributed by atoms with Crippen LogP contribution < -0.4 is 30.2 Å². The van der Waals surface area contributed by atoms with E-state index < -0.39 is 12.1 Å². The summed E-state index contributed by atoms with van der Waals surface area (Å²) >= 11 is 0. The highest BCUT2D eigenvalue weighted by molar-refractivity contribution is 6.07. The predicted molar refractivity (Wildman–Crippen MR) is 113 cm³/mol. The second kappa shape index (κ2) is 9.21. The Labute approximate surface area is 175 Å². The van der Waals surface area contributed by atoms with Crippen LogP contribution in [0.4, 0.5) is 10.5 Å². The number of methoxy groups -OCH3 is 2. The third-order valence-corrected chi connectivity index (χ3v) is 4.69. The minimum Gasteiger partial charge on any atom is -0.493 e. The van der Waals surface area contributed by atoms with Gasteiger partial charge in [-0.3, -0.25) is 4.79 Å². The maximum absolute atomic E-state index is 13.2. The van der Waals surface area contributed by atoms with Gasteiger partial charge in [-0.25, -0.2) is 4.79 Å². The van der Waals surface area contributed by atoms with Gasteiger partial charge >= 0.3 is 6.03 Å². The van der Waals surface area contributed by atoms with Gasteiger partial charge in [0.2, 0.25) is 0 Å². The van der Waals surface area contributed by atoms with E-state index >= 15 is 0 Å². The molecule has 0 saturated heterocycles. The van der Waals surface area contributed by atoms with Crippen LogP contribution in [0.3, 0.4) is 0 Å².